The molecule has 4 N–H and O–H groups in total. The van der Waals surface area contributed by atoms with E-state index in [1.54, 1.807) is 4.57 Å². The maximum Gasteiger partial charge on any atom is 0.341 e. The summed E-state index contributed by atoms with van der Waals surface area (Å²) in [5.74, 6) is -1.30. The zero-order valence-corrected chi connectivity index (χ0v) is 20.3. The van der Waals surface area contributed by atoms with Crippen LogP contribution in [-0.2, 0) is 0 Å². The van der Waals surface area contributed by atoms with Crippen molar-refractivity contribution in [2.24, 2.45) is 0 Å². The maximum absolute atomic E-state index is 15.6. The molecule has 0 aliphatic carbocycles. The van der Waals surface area contributed by atoms with Crippen LogP contribution in [0.4, 0.5) is 10.1 Å². The number of hydrogen-bond donors (Lipinski definition) is 2. The molecule has 0 spiro atoms. The van der Waals surface area contributed by atoms with Crippen molar-refractivity contribution in [3.05, 3.63) is 82.4 Å². The van der Waals surface area contributed by atoms with Crippen LogP contribution in [-0.4, -0.2) is 34.8 Å². The van der Waals surface area contributed by atoms with Crippen molar-refractivity contribution in [2.75, 3.05) is 18.0 Å². The second-order valence-corrected chi connectivity index (χ2v) is 9.51. The minimum absolute atomic E-state index is 0. The molecule has 0 unspecified atom stereocenters. The molecular weight excluding hydrogens is 497 g/mol. The van der Waals surface area contributed by atoms with Gasteiger partial charge in [0.15, 0.2) is 17.3 Å². The van der Waals surface area contributed by atoms with Gasteiger partial charge in [-0.25, -0.2) is 9.18 Å². The van der Waals surface area contributed by atoms with Crippen molar-refractivity contribution in [1.82, 2.24) is 4.57 Å². The van der Waals surface area contributed by atoms with Crippen LogP contribution in [0, 0.1) is 5.82 Å². The Kier molecular flexibility index (Phi) is 5.15. The molecule has 1 saturated heterocycles. The van der Waals surface area contributed by atoms with Gasteiger partial charge in [0.05, 0.1) is 17.6 Å². The topological polar surface area (TPSA) is 99.4 Å². The van der Waals surface area contributed by atoms with Crippen molar-refractivity contribution >= 4 is 44.1 Å². The van der Waals surface area contributed by atoms with E-state index in [1.807, 2.05) is 53.4 Å². The van der Waals surface area contributed by atoms with Crippen LogP contribution < -0.4 is 33.2 Å². The number of nitrogens with zero attached hydrogens (tertiary/aromatic N) is 2. The lowest BCUT2D eigenvalue weighted by atomic mass is 10.00. The Balaban J connectivity index is 0.00000252. The molecule has 0 amide bonds. The molecule has 5 aromatic rings. The van der Waals surface area contributed by atoms with Crippen LogP contribution in [0.25, 0.3) is 38.1 Å². The van der Waals surface area contributed by atoms with E-state index in [4.69, 9.17) is 4.74 Å². The predicted octanol–water partition coefficient (Wildman–Crippen LogP) is 1.06. The molecular formula is C28H21ClFN3O4. The molecule has 0 bridgehead atoms. The van der Waals surface area contributed by atoms with Crippen LogP contribution in [0.1, 0.15) is 16.8 Å². The molecule has 2 aliphatic heterocycles. The van der Waals surface area contributed by atoms with E-state index in [2.05, 4.69) is 5.73 Å². The van der Waals surface area contributed by atoms with Gasteiger partial charge < -0.3 is 37.5 Å². The van der Waals surface area contributed by atoms with Crippen LogP contribution in [0.2, 0.25) is 0 Å². The summed E-state index contributed by atoms with van der Waals surface area (Å²) < 4.78 is 23.7. The fourth-order valence-corrected chi connectivity index (χ4v) is 5.59. The number of quaternary nitrogens is 1. The Morgan fingerprint density at radius 1 is 1.05 bits per heavy atom. The van der Waals surface area contributed by atoms with Gasteiger partial charge in [0.1, 0.15) is 22.8 Å². The lowest BCUT2D eigenvalue weighted by Gasteiger charge is -2.29. The Morgan fingerprint density at radius 3 is 2.59 bits per heavy atom. The lowest BCUT2D eigenvalue weighted by molar-refractivity contribution is -0.412. The van der Waals surface area contributed by atoms with E-state index in [0.717, 1.165) is 34.0 Å². The Hall–Kier alpha value is -4.14. The zero-order valence-electron chi connectivity index (χ0n) is 19.5. The second kappa shape index (κ2) is 8.19. The zero-order chi connectivity index (χ0) is 24.7. The van der Waals surface area contributed by atoms with E-state index in [-0.39, 0.29) is 35.3 Å². The van der Waals surface area contributed by atoms with Gasteiger partial charge in [-0.05, 0) is 39.7 Å². The fourth-order valence-electron chi connectivity index (χ4n) is 5.59. The summed E-state index contributed by atoms with van der Waals surface area (Å²) in [6.45, 7) is 1.17. The number of hydrogen-bond acceptors (Lipinski definition) is 4. The van der Waals surface area contributed by atoms with Gasteiger partial charge in [-0.2, -0.15) is 0 Å². The summed E-state index contributed by atoms with van der Waals surface area (Å²) in [4.78, 5) is 26.9. The highest BCUT2D eigenvalue weighted by Crippen LogP contribution is 2.48. The number of aromatic nitrogens is 1. The number of carboxylic acid groups (broad SMARTS) is 1. The molecule has 9 heteroatoms. The third-order valence-corrected chi connectivity index (χ3v) is 7.30. The van der Waals surface area contributed by atoms with Crippen molar-refractivity contribution in [2.45, 2.75) is 12.5 Å². The Bertz CT molecular complexity index is 1850. The third-order valence-electron chi connectivity index (χ3n) is 7.30. The Labute approximate surface area is 215 Å². The van der Waals surface area contributed by atoms with Crippen LogP contribution in [0.3, 0.4) is 0 Å². The van der Waals surface area contributed by atoms with Crippen LogP contribution in [0.15, 0.2) is 65.6 Å². The first-order valence-electron chi connectivity index (χ1n) is 11.8. The largest absolute Gasteiger partial charge is 1.00 e. The molecule has 7 nitrogen and oxygen atoms in total. The minimum atomic E-state index is -1.36. The molecule has 3 heterocycles. The van der Waals surface area contributed by atoms with Gasteiger partial charge in [0.2, 0.25) is 5.43 Å². The molecule has 4 aromatic carbocycles. The standard InChI is InChI=1S/C28H20FN3O4.ClH/c29-21-10-19-24-27(25(21)31-8-7-16(30)12-31)36-23-11-18-15(6-5-14-3-1-2-4-17(14)18)9-22(23)32(24)13-20(26(19)33)28(34)35;/h1-6,9-11,13,16H,7-8,12,30H2,(H,34,35);1H/t16-;/m0./s1. The number of pyridine rings is 1. The van der Waals surface area contributed by atoms with Gasteiger partial charge in [0.25, 0.3) is 0 Å². The normalized spacial score (nSPS) is 16.1. The summed E-state index contributed by atoms with van der Waals surface area (Å²) >= 11 is 0. The third kappa shape index (κ3) is 3.29. The SMILES string of the molecule is [Cl-].[NH3+][C@H]1CCN(c2c(F)cc3c(=O)c(C(=O)O)cn4c3c2Oc2cc3c(ccc5ccccc53)cc2-4)C1. The minimum Gasteiger partial charge on any atom is -1.00 e. The Morgan fingerprint density at radius 2 is 1.84 bits per heavy atom. The second-order valence-electron chi connectivity index (χ2n) is 9.51. The quantitative estimate of drug-likeness (QED) is 0.335. The lowest BCUT2D eigenvalue weighted by Crippen LogP contribution is -3.00. The summed E-state index contributed by atoms with van der Waals surface area (Å²) in [5, 5.41) is 13.7. The number of rotatable bonds is 2. The molecule has 1 aromatic heterocycles. The number of carboxylic acids is 1. The molecule has 37 heavy (non-hydrogen) atoms. The van der Waals surface area contributed by atoms with E-state index in [9.17, 15) is 14.7 Å². The molecule has 186 valence electrons. The highest BCUT2D eigenvalue weighted by atomic mass is 35.5. The van der Waals surface area contributed by atoms with Gasteiger partial charge in [-0.3, -0.25) is 4.79 Å². The number of benzene rings is 4. The number of anilines is 1. The van der Waals surface area contributed by atoms with Gasteiger partial charge in [-0.1, -0.05) is 36.4 Å². The van der Waals surface area contributed by atoms with E-state index < -0.39 is 22.8 Å². The van der Waals surface area contributed by atoms with Crippen molar-refractivity contribution < 1.29 is 37.2 Å². The summed E-state index contributed by atoms with van der Waals surface area (Å²) in [5.41, 5.74) is 4.17. The van der Waals surface area contributed by atoms with Gasteiger partial charge >= 0.3 is 5.97 Å². The smallest absolute Gasteiger partial charge is 0.341 e. The molecule has 2 aliphatic rings. The average molecular weight is 518 g/mol. The first-order chi connectivity index (χ1) is 17.4. The monoisotopic (exact) mass is 517 g/mol. The number of carbonyl (C=O) groups is 1. The van der Waals surface area contributed by atoms with E-state index >= 15 is 4.39 Å². The number of halogens is 2. The van der Waals surface area contributed by atoms with Crippen molar-refractivity contribution in [3.63, 3.8) is 0 Å². The molecule has 0 radical (unpaired) electrons. The van der Waals surface area contributed by atoms with Crippen molar-refractivity contribution in [1.29, 1.82) is 0 Å². The van der Waals surface area contributed by atoms with E-state index in [0.29, 0.717) is 30.0 Å². The van der Waals surface area contributed by atoms with E-state index in [1.165, 1.54) is 6.20 Å². The van der Waals surface area contributed by atoms with Crippen LogP contribution in [0.5, 0.6) is 11.5 Å². The molecule has 7 rings (SSSR count). The highest BCUT2D eigenvalue weighted by molar-refractivity contribution is 6.09. The maximum atomic E-state index is 15.6. The predicted molar refractivity (Wildman–Crippen MR) is 135 cm³/mol. The van der Waals surface area contributed by atoms with Gasteiger partial charge in [-0.15, -0.1) is 0 Å². The number of ether oxygens (including phenoxy) is 1. The average Bonchev–Trinajstić information content (AvgIpc) is 3.29. The summed E-state index contributed by atoms with van der Waals surface area (Å²) in [6.07, 6.45) is 2.13. The molecule has 1 fully saturated rings. The highest BCUT2D eigenvalue weighted by Gasteiger charge is 2.33. The number of aromatic carboxylic acids is 1. The first kappa shape index (κ1) is 23.3. The van der Waals surface area contributed by atoms with Gasteiger partial charge in [0, 0.05) is 19.2 Å². The summed E-state index contributed by atoms with van der Waals surface area (Å²) in [7, 11) is 0. The molecule has 1 atom stereocenters. The summed E-state index contributed by atoms with van der Waals surface area (Å²) in [6, 6.07) is 17.2. The number of fused-ring (bicyclic) bond motifs is 5. The molecule has 0 saturated carbocycles. The first-order valence-corrected chi connectivity index (χ1v) is 11.8. The fraction of sp³-hybridized carbons (Fsp3) is 0.143. The van der Waals surface area contributed by atoms with Crippen molar-refractivity contribution in [3.8, 4) is 17.2 Å². The van der Waals surface area contributed by atoms with Crippen LogP contribution >= 0.6 is 0 Å².